The van der Waals surface area contributed by atoms with Gasteiger partial charge in [0.15, 0.2) is 11.6 Å². The molecule has 10 heteroatoms. The second-order valence-corrected chi connectivity index (χ2v) is 10.7. The molecule has 1 fully saturated rings. The Hall–Kier alpha value is -5.48. The van der Waals surface area contributed by atoms with Crippen molar-refractivity contribution in [3.8, 4) is 12.1 Å². The van der Waals surface area contributed by atoms with E-state index in [1.165, 1.54) is 0 Å². The zero-order chi connectivity index (χ0) is 30.0. The Morgan fingerprint density at radius 2 is 1.14 bits per heavy atom. The van der Waals surface area contributed by atoms with Gasteiger partial charge in [-0.1, -0.05) is 37.1 Å². The lowest BCUT2D eigenvalue weighted by atomic mass is 9.88. The van der Waals surface area contributed by atoms with Crippen molar-refractivity contribution in [3.63, 3.8) is 0 Å². The molecular formula is C33H30N8O2. The van der Waals surface area contributed by atoms with Crippen molar-refractivity contribution in [3.05, 3.63) is 106 Å². The van der Waals surface area contributed by atoms with E-state index in [0.717, 1.165) is 54.6 Å². The Balaban J connectivity index is 1.16. The molecule has 2 heterocycles. The number of nitrogens with zero attached hydrogens (tertiary/aromatic N) is 6. The van der Waals surface area contributed by atoms with Crippen LogP contribution in [0.15, 0.2) is 72.8 Å². The molecule has 2 amide bonds. The Labute approximate surface area is 249 Å². The molecule has 0 bridgehead atoms. The maximum Gasteiger partial charge on any atom is 0.229 e. The van der Waals surface area contributed by atoms with Gasteiger partial charge in [0.2, 0.25) is 11.8 Å². The minimum absolute atomic E-state index is 0.142. The third kappa shape index (κ3) is 8.05. The molecule has 1 saturated carbocycles. The minimum Gasteiger partial charge on any atom is -0.309 e. The van der Waals surface area contributed by atoms with Gasteiger partial charge in [0.05, 0.1) is 47.5 Å². The van der Waals surface area contributed by atoms with Crippen LogP contribution in [0.2, 0.25) is 0 Å². The third-order valence-corrected chi connectivity index (χ3v) is 7.51. The summed E-state index contributed by atoms with van der Waals surface area (Å²) in [6, 6.07) is 25.5. The quantitative estimate of drug-likeness (QED) is 0.274. The van der Waals surface area contributed by atoms with Gasteiger partial charge in [-0.25, -0.2) is 0 Å². The fraction of sp³-hybridized carbons (Fsp3) is 0.273. The molecule has 43 heavy (non-hydrogen) atoms. The second-order valence-electron chi connectivity index (χ2n) is 10.7. The van der Waals surface area contributed by atoms with Crippen LogP contribution < -0.4 is 10.6 Å². The van der Waals surface area contributed by atoms with Crippen molar-refractivity contribution >= 4 is 23.5 Å². The molecule has 214 valence electrons. The van der Waals surface area contributed by atoms with E-state index in [-0.39, 0.29) is 36.5 Å². The van der Waals surface area contributed by atoms with E-state index in [2.05, 4.69) is 43.2 Å². The smallest absolute Gasteiger partial charge is 0.229 e. The molecule has 1 aliphatic rings. The number of amides is 2. The second kappa shape index (κ2) is 13.9. The average molecular weight is 571 g/mol. The van der Waals surface area contributed by atoms with Crippen LogP contribution in [-0.4, -0.2) is 32.2 Å². The first kappa shape index (κ1) is 29.0. The van der Waals surface area contributed by atoms with E-state index < -0.39 is 0 Å². The van der Waals surface area contributed by atoms with Crippen molar-refractivity contribution in [1.29, 1.82) is 10.5 Å². The average Bonchev–Trinajstić information content (AvgIpc) is 3.28. The van der Waals surface area contributed by atoms with Gasteiger partial charge in [0.25, 0.3) is 0 Å². The predicted octanol–water partition coefficient (Wildman–Crippen LogP) is 5.20. The van der Waals surface area contributed by atoms with Crippen molar-refractivity contribution in [2.75, 3.05) is 10.6 Å². The summed E-state index contributed by atoms with van der Waals surface area (Å²) in [4.78, 5) is 25.0. The number of benzene rings is 2. The third-order valence-electron chi connectivity index (χ3n) is 7.51. The van der Waals surface area contributed by atoms with E-state index in [0.29, 0.717) is 22.8 Å². The van der Waals surface area contributed by atoms with E-state index in [1.807, 2.05) is 24.3 Å². The molecule has 10 nitrogen and oxygen atoms in total. The number of carbonyl (C=O) groups excluding carboxylic acids is 2. The first-order valence-electron chi connectivity index (χ1n) is 14.2. The summed E-state index contributed by atoms with van der Waals surface area (Å²) in [5.74, 6) is 0.720. The van der Waals surface area contributed by atoms with Crippen LogP contribution in [0.3, 0.4) is 0 Å². The highest BCUT2D eigenvalue weighted by molar-refractivity contribution is 5.91. The molecular weight excluding hydrogens is 540 g/mol. The molecule has 0 aliphatic heterocycles. The van der Waals surface area contributed by atoms with Gasteiger partial charge in [-0.15, -0.1) is 10.2 Å². The highest BCUT2D eigenvalue weighted by Crippen LogP contribution is 2.38. The number of hydrogen-bond donors (Lipinski definition) is 2. The van der Waals surface area contributed by atoms with Gasteiger partial charge in [-0.05, 0) is 78.9 Å². The summed E-state index contributed by atoms with van der Waals surface area (Å²) >= 11 is 0. The molecule has 2 N–H and O–H groups in total. The SMILES string of the molecule is N#Cc1cccc(CC(=O)Nc2ccc(C3CCCCC(c4ccc(NC(=O)Cc5cccc(C#N)c5)nn4)C3)nn2)c1. The van der Waals surface area contributed by atoms with Gasteiger partial charge in [-0.2, -0.15) is 20.7 Å². The Morgan fingerprint density at radius 1 is 0.674 bits per heavy atom. The predicted molar refractivity (Wildman–Crippen MR) is 160 cm³/mol. The summed E-state index contributed by atoms with van der Waals surface area (Å²) in [5, 5.41) is 41.1. The van der Waals surface area contributed by atoms with E-state index >= 15 is 0 Å². The highest BCUT2D eigenvalue weighted by Gasteiger charge is 2.25. The maximum atomic E-state index is 12.5. The molecule has 4 aromatic rings. The zero-order valence-electron chi connectivity index (χ0n) is 23.5. The molecule has 1 aliphatic carbocycles. The van der Waals surface area contributed by atoms with Crippen molar-refractivity contribution < 1.29 is 9.59 Å². The lowest BCUT2D eigenvalue weighted by Crippen LogP contribution is -2.17. The topological polar surface area (TPSA) is 157 Å². The number of nitrogens with one attached hydrogen (secondary N) is 2. The number of nitriles is 2. The van der Waals surface area contributed by atoms with Gasteiger partial charge in [0.1, 0.15) is 0 Å². The largest absolute Gasteiger partial charge is 0.309 e. The fourth-order valence-electron chi connectivity index (χ4n) is 5.40. The summed E-state index contributed by atoms with van der Waals surface area (Å²) < 4.78 is 0. The highest BCUT2D eigenvalue weighted by atomic mass is 16.2. The number of hydrogen-bond acceptors (Lipinski definition) is 8. The van der Waals surface area contributed by atoms with Crippen molar-refractivity contribution in [1.82, 2.24) is 20.4 Å². The van der Waals surface area contributed by atoms with Gasteiger partial charge in [-0.3, -0.25) is 9.59 Å². The molecule has 0 radical (unpaired) electrons. The maximum absolute atomic E-state index is 12.5. The molecule has 2 aromatic carbocycles. The molecule has 0 saturated heterocycles. The number of rotatable bonds is 8. The Kier molecular flexibility index (Phi) is 9.40. The van der Waals surface area contributed by atoms with Crippen LogP contribution >= 0.6 is 0 Å². The van der Waals surface area contributed by atoms with Crippen LogP contribution in [0.4, 0.5) is 11.6 Å². The summed E-state index contributed by atoms with van der Waals surface area (Å²) in [5.41, 5.74) is 4.30. The van der Waals surface area contributed by atoms with Crippen LogP contribution in [0, 0.1) is 22.7 Å². The van der Waals surface area contributed by atoms with Gasteiger partial charge >= 0.3 is 0 Å². The lowest BCUT2D eigenvalue weighted by Gasteiger charge is -2.19. The number of anilines is 2. The first-order chi connectivity index (χ1) is 21.0. The number of aromatic nitrogens is 4. The van der Waals surface area contributed by atoms with Crippen LogP contribution in [0.5, 0.6) is 0 Å². The molecule has 2 atom stereocenters. The lowest BCUT2D eigenvalue weighted by molar-refractivity contribution is -0.116. The van der Waals surface area contributed by atoms with Crippen LogP contribution in [0.25, 0.3) is 0 Å². The standard InChI is InChI=1S/C33H30N8O2/c34-20-24-7-3-5-22(15-24)17-32(42)36-30-13-11-28(38-40-30)26-9-1-2-10-27(19-26)29-12-14-31(41-39-29)37-33(43)18-23-6-4-8-25(16-23)21-35/h3-8,11-16,26-27H,1-2,9-10,17-19H2,(H,36,40,42)(H,37,41,43). The summed E-state index contributed by atoms with van der Waals surface area (Å²) in [6.07, 6.45) is 5.24. The Bertz CT molecular complexity index is 1550. The molecule has 2 aromatic heterocycles. The van der Waals surface area contributed by atoms with Gasteiger partial charge in [0, 0.05) is 11.8 Å². The molecule has 5 rings (SSSR count). The summed E-state index contributed by atoms with van der Waals surface area (Å²) in [6.45, 7) is 0. The minimum atomic E-state index is -0.224. The first-order valence-corrected chi connectivity index (χ1v) is 14.2. The van der Waals surface area contributed by atoms with E-state index in [9.17, 15) is 9.59 Å². The zero-order valence-corrected chi connectivity index (χ0v) is 23.5. The molecule has 2 unspecified atom stereocenters. The Morgan fingerprint density at radius 3 is 1.53 bits per heavy atom. The monoisotopic (exact) mass is 570 g/mol. The van der Waals surface area contributed by atoms with Gasteiger partial charge < -0.3 is 10.6 Å². The van der Waals surface area contributed by atoms with Crippen molar-refractivity contribution in [2.24, 2.45) is 0 Å². The number of carbonyl (C=O) groups is 2. The van der Waals surface area contributed by atoms with Crippen LogP contribution in [-0.2, 0) is 22.4 Å². The van der Waals surface area contributed by atoms with Crippen molar-refractivity contribution in [2.45, 2.75) is 56.8 Å². The molecule has 0 spiro atoms. The van der Waals surface area contributed by atoms with E-state index in [4.69, 9.17) is 10.5 Å². The van der Waals surface area contributed by atoms with E-state index in [1.54, 1.807) is 48.5 Å². The fourth-order valence-corrected chi connectivity index (χ4v) is 5.40. The van der Waals surface area contributed by atoms with Crippen LogP contribution in [0.1, 0.15) is 77.6 Å². The normalized spacial score (nSPS) is 16.2. The summed E-state index contributed by atoms with van der Waals surface area (Å²) in [7, 11) is 0.